The molecular formula is C19H17FN6O2S. The Morgan fingerprint density at radius 2 is 2.03 bits per heavy atom. The number of pyridine rings is 1. The zero-order valence-electron chi connectivity index (χ0n) is 15.2. The predicted molar refractivity (Wildman–Crippen MR) is 108 cm³/mol. The lowest BCUT2D eigenvalue weighted by Crippen LogP contribution is -2.50. The van der Waals surface area contributed by atoms with E-state index in [1.54, 1.807) is 24.3 Å². The number of rotatable bonds is 5. The van der Waals surface area contributed by atoms with Crippen molar-refractivity contribution < 1.29 is 12.8 Å². The number of anilines is 2. The van der Waals surface area contributed by atoms with Crippen LogP contribution in [0.15, 0.2) is 66.8 Å². The van der Waals surface area contributed by atoms with Gasteiger partial charge in [0, 0.05) is 6.20 Å². The van der Waals surface area contributed by atoms with Gasteiger partial charge in [0.25, 0.3) is 0 Å². The molecule has 1 aromatic heterocycles. The number of halogens is 1. The van der Waals surface area contributed by atoms with Crippen LogP contribution in [0.3, 0.4) is 0 Å². The molecule has 3 rings (SSSR count). The number of nitrogens with one attached hydrogen (secondary N) is 1. The second-order valence-corrected chi connectivity index (χ2v) is 7.99. The van der Waals surface area contributed by atoms with E-state index in [9.17, 15) is 18.1 Å². The van der Waals surface area contributed by atoms with E-state index < -0.39 is 27.1 Å². The van der Waals surface area contributed by atoms with Crippen LogP contribution in [-0.2, 0) is 15.6 Å². The first kappa shape index (κ1) is 20.0. The summed E-state index contributed by atoms with van der Waals surface area (Å²) < 4.78 is 40.6. The van der Waals surface area contributed by atoms with Crippen LogP contribution in [0.25, 0.3) is 0 Å². The molecule has 2 heterocycles. The number of aromatic nitrogens is 1. The van der Waals surface area contributed by atoms with E-state index in [2.05, 4.69) is 28.5 Å². The summed E-state index contributed by atoms with van der Waals surface area (Å²) in [6.45, 7) is 7.03. The van der Waals surface area contributed by atoms with E-state index in [0.29, 0.717) is 11.3 Å². The Bertz CT molecular complexity index is 1170. The lowest BCUT2D eigenvalue weighted by Gasteiger charge is -2.34. The topological polar surface area (TPSA) is 124 Å². The third-order valence-electron chi connectivity index (χ3n) is 4.31. The minimum Gasteiger partial charge on any atom is -0.369 e. The van der Waals surface area contributed by atoms with Gasteiger partial charge in [-0.1, -0.05) is 24.8 Å². The van der Waals surface area contributed by atoms with Gasteiger partial charge in [-0.15, -0.1) is 6.58 Å². The molecule has 3 N–H and O–H groups in total. The van der Waals surface area contributed by atoms with Crippen molar-refractivity contribution in [3.63, 3.8) is 0 Å². The van der Waals surface area contributed by atoms with Gasteiger partial charge in [0.1, 0.15) is 34.7 Å². The molecule has 8 nitrogen and oxygen atoms in total. The molecule has 1 aromatic carbocycles. The highest BCUT2D eigenvalue weighted by Crippen LogP contribution is 2.35. The van der Waals surface area contributed by atoms with Gasteiger partial charge in [0.15, 0.2) is 0 Å². The van der Waals surface area contributed by atoms with Gasteiger partial charge >= 0.3 is 0 Å². The molecule has 29 heavy (non-hydrogen) atoms. The van der Waals surface area contributed by atoms with Gasteiger partial charge in [-0.25, -0.2) is 27.1 Å². The first-order chi connectivity index (χ1) is 13.8. The number of benzene rings is 1. The lowest BCUT2D eigenvalue weighted by molar-refractivity contribution is 0.485. The normalized spacial score (nSPS) is 20.3. The molecule has 0 amide bonds. The maximum Gasteiger partial charge on any atom is 0.244 e. The largest absolute Gasteiger partial charge is 0.369 e. The minimum atomic E-state index is -3.97. The van der Waals surface area contributed by atoms with Crippen molar-refractivity contribution in [1.29, 1.82) is 5.26 Å². The van der Waals surface area contributed by atoms with Crippen LogP contribution in [0.2, 0.25) is 0 Å². The Morgan fingerprint density at radius 3 is 2.66 bits per heavy atom. The molecule has 0 bridgehead atoms. The van der Waals surface area contributed by atoms with Gasteiger partial charge in [-0.2, -0.15) is 5.26 Å². The highest BCUT2D eigenvalue weighted by molar-refractivity contribution is 7.89. The predicted octanol–water partition coefficient (Wildman–Crippen LogP) is 2.32. The van der Waals surface area contributed by atoms with Crippen LogP contribution in [-0.4, -0.2) is 29.4 Å². The fraction of sp³-hybridized carbons (Fsp3) is 0.105. The van der Waals surface area contributed by atoms with Crippen LogP contribution in [0.5, 0.6) is 0 Å². The van der Waals surface area contributed by atoms with Gasteiger partial charge < -0.3 is 11.1 Å². The molecule has 0 saturated carbocycles. The maximum atomic E-state index is 14.7. The quantitative estimate of drug-likeness (QED) is 0.726. The molecule has 0 saturated heterocycles. The number of sulfonamides is 1. The number of nitrogens with two attached hydrogens (primary N) is 1. The van der Waals surface area contributed by atoms with Crippen molar-refractivity contribution in [3.8, 4) is 6.07 Å². The van der Waals surface area contributed by atoms with Crippen molar-refractivity contribution in [3.05, 3.63) is 78.9 Å². The molecule has 1 atom stereocenters. The first-order valence-corrected chi connectivity index (χ1v) is 9.94. The van der Waals surface area contributed by atoms with E-state index >= 15 is 0 Å². The fourth-order valence-electron chi connectivity index (χ4n) is 2.95. The Hall–Kier alpha value is -3.71. The van der Waals surface area contributed by atoms with E-state index in [1.807, 2.05) is 6.07 Å². The summed E-state index contributed by atoms with van der Waals surface area (Å²) in [5, 5.41) is 12.2. The van der Waals surface area contributed by atoms with E-state index in [4.69, 9.17) is 5.73 Å². The van der Waals surface area contributed by atoms with Crippen LogP contribution in [0, 0.1) is 17.1 Å². The monoisotopic (exact) mass is 412 g/mol. The van der Waals surface area contributed by atoms with Crippen LogP contribution >= 0.6 is 0 Å². The van der Waals surface area contributed by atoms with E-state index in [-0.39, 0.29) is 17.5 Å². The van der Waals surface area contributed by atoms with E-state index in [1.165, 1.54) is 12.1 Å². The van der Waals surface area contributed by atoms with Gasteiger partial charge in [0.05, 0.1) is 11.3 Å². The third kappa shape index (κ3) is 3.55. The minimum absolute atomic E-state index is 0.197. The first-order valence-electron chi connectivity index (χ1n) is 8.33. The molecule has 148 valence electrons. The highest BCUT2D eigenvalue weighted by atomic mass is 32.2. The number of hydrogen-bond acceptors (Lipinski definition) is 7. The summed E-state index contributed by atoms with van der Waals surface area (Å²) in [7, 11) is -3.97. The third-order valence-corrected chi connectivity index (χ3v) is 6.05. The summed E-state index contributed by atoms with van der Waals surface area (Å²) in [4.78, 5) is 8.38. The van der Waals surface area contributed by atoms with E-state index in [0.717, 1.165) is 16.6 Å². The Morgan fingerprint density at radius 1 is 1.31 bits per heavy atom. The molecule has 10 heteroatoms. The number of aliphatic imine (C=N–C) groups is 1. The highest BCUT2D eigenvalue weighted by Gasteiger charge is 2.45. The Labute approximate surface area is 167 Å². The van der Waals surface area contributed by atoms with Crippen molar-refractivity contribution in [1.82, 2.24) is 9.29 Å². The van der Waals surface area contributed by atoms with Gasteiger partial charge in [0.2, 0.25) is 16.0 Å². The number of nitrogens with zero attached hydrogens (tertiary/aromatic N) is 4. The zero-order valence-corrected chi connectivity index (χ0v) is 16.0. The molecule has 0 aliphatic carbocycles. The number of guanidine groups is 1. The molecule has 0 unspecified atom stereocenters. The summed E-state index contributed by atoms with van der Waals surface area (Å²) >= 11 is 0. The van der Waals surface area contributed by atoms with Gasteiger partial charge in [-0.3, -0.25) is 0 Å². The van der Waals surface area contributed by atoms with Crippen molar-refractivity contribution in [2.75, 3.05) is 11.1 Å². The van der Waals surface area contributed by atoms with Crippen molar-refractivity contribution in [2.45, 2.75) is 5.54 Å². The van der Waals surface area contributed by atoms with Gasteiger partial charge in [-0.05, 0) is 24.3 Å². The SMILES string of the molecule is C=CN1C(N)=N[C@](C=C)(c2nc(Nc3ccccc3C#N)ccc2F)CS1(=O)=O. The summed E-state index contributed by atoms with van der Waals surface area (Å²) in [6.07, 6.45) is 2.21. The molecule has 0 radical (unpaired) electrons. The smallest absolute Gasteiger partial charge is 0.244 e. The molecule has 2 aromatic rings. The molecular weight excluding hydrogens is 395 g/mol. The zero-order chi connectivity index (χ0) is 21.2. The number of para-hydroxylation sites is 1. The molecule has 1 aliphatic heterocycles. The van der Waals surface area contributed by atoms with Crippen LogP contribution in [0.4, 0.5) is 15.9 Å². The summed E-state index contributed by atoms with van der Waals surface area (Å²) in [5.74, 6) is -1.58. The second-order valence-electron chi connectivity index (χ2n) is 6.14. The van der Waals surface area contributed by atoms with Crippen molar-refractivity contribution >= 4 is 27.5 Å². The fourth-order valence-corrected chi connectivity index (χ4v) is 4.52. The standard InChI is InChI=1S/C19H17FN6O2S/c1-3-19(12-29(27,28)26(4-2)18(22)25-19)17-14(20)9-10-16(24-17)23-15-8-6-5-7-13(15)11-21/h3-10H,1-2,12H2,(H2,22,25)(H,23,24)/t19-/m0/s1. The van der Waals surface area contributed by atoms with Crippen LogP contribution in [0.1, 0.15) is 11.3 Å². The van der Waals surface area contributed by atoms with Crippen molar-refractivity contribution in [2.24, 2.45) is 10.7 Å². The summed E-state index contributed by atoms with van der Waals surface area (Å²) in [5.41, 5.74) is 4.62. The Balaban J connectivity index is 2.12. The van der Waals surface area contributed by atoms with Crippen LogP contribution < -0.4 is 11.1 Å². The average Bonchev–Trinajstić information content (AvgIpc) is 2.68. The Kier molecular flexibility index (Phi) is 5.09. The lowest BCUT2D eigenvalue weighted by atomic mass is 9.97. The average molecular weight is 412 g/mol. The maximum absolute atomic E-state index is 14.7. The second kappa shape index (κ2) is 7.37. The number of hydrogen-bond donors (Lipinski definition) is 2. The molecule has 0 fully saturated rings. The summed E-state index contributed by atoms with van der Waals surface area (Å²) in [6, 6.07) is 11.2. The number of nitriles is 1. The molecule has 0 spiro atoms. The molecule has 1 aliphatic rings.